The summed E-state index contributed by atoms with van der Waals surface area (Å²) in [6, 6.07) is 4.71. The average molecular weight is 424 g/mol. The van der Waals surface area contributed by atoms with Crippen molar-refractivity contribution >= 4 is 34.6 Å². The second-order valence-corrected chi connectivity index (χ2v) is 8.50. The van der Waals surface area contributed by atoms with Crippen LogP contribution in [0.4, 0.5) is 8.78 Å². The van der Waals surface area contributed by atoms with Crippen molar-refractivity contribution < 1.29 is 13.5 Å². The Balaban J connectivity index is 1.72. The summed E-state index contributed by atoms with van der Waals surface area (Å²) in [4.78, 5) is 13.6. The second-order valence-electron chi connectivity index (χ2n) is 6.43. The molecule has 1 N–H and O–H groups in total. The molecular formula is C20H23F2N3OS2. The summed E-state index contributed by atoms with van der Waals surface area (Å²) in [6.07, 6.45) is 4.32. The third kappa shape index (κ3) is 5.17. The monoisotopic (exact) mass is 423 g/mol. The number of fused-ring (bicyclic) bond motifs is 1. The van der Waals surface area contributed by atoms with Gasteiger partial charge in [0.05, 0.1) is 16.7 Å². The van der Waals surface area contributed by atoms with Gasteiger partial charge in [-0.05, 0) is 49.3 Å². The van der Waals surface area contributed by atoms with E-state index < -0.39 is 6.61 Å². The van der Waals surface area contributed by atoms with E-state index in [2.05, 4.69) is 40.5 Å². The zero-order valence-electron chi connectivity index (χ0n) is 16.1. The molecular weight excluding hydrogens is 400 g/mol. The molecule has 0 bridgehead atoms. The quantitative estimate of drug-likeness (QED) is 0.320. The van der Waals surface area contributed by atoms with Crippen LogP contribution in [0.1, 0.15) is 36.6 Å². The van der Waals surface area contributed by atoms with Crippen molar-refractivity contribution in [3.05, 3.63) is 41.2 Å². The summed E-state index contributed by atoms with van der Waals surface area (Å²) in [5, 5.41) is 0.728. The van der Waals surface area contributed by atoms with Crippen molar-refractivity contribution in [2.45, 2.75) is 56.0 Å². The lowest BCUT2D eigenvalue weighted by atomic mass is 10.2. The Hall–Kier alpha value is -1.80. The zero-order chi connectivity index (χ0) is 20.1. The summed E-state index contributed by atoms with van der Waals surface area (Å²) < 4.78 is 29.2. The van der Waals surface area contributed by atoms with Gasteiger partial charge in [-0.2, -0.15) is 8.78 Å². The van der Waals surface area contributed by atoms with Crippen LogP contribution in [-0.2, 0) is 5.75 Å². The molecule has 0 spiro atoms. The molecule has 0 aliphatic rings. The number of nitrogens with one attached hydrogen (secondary N) is 1. The summed E-state index contributed by atoms with van der Waals surface area (Å²) in [5.41, 5.74) is 4.86. The molecule has 0 aliphatic carbocycles. The number of thioether (sulfide) groups is 2. The molecule has 0 fully saturated rings. The highest BCUT2D eigenvalue weighted by Crippen LogP contribution is 2.31. The SMILES string of the molecule is CCCCSc1c(C)cnc(CSc2nc3ccc(OC(F)F)cc3[nH]2)c1C. The van der Waals surface area contributed by atoms with Crippen molar-refractivity contribution in [2.75, 3.05) is 5.75 Å². The summed E-state index contributed by atoms with van der Waals surface area (Å²) in [5.74, 6) is 1.92. The Kier molecular flexibility index (Phi) is 7.18. The van der Waals surface area contributed by atoms with E-state index in [0.29, 0.717) is 16.8 Å². The number of aromatic amines is 1. The third-order valence-corrected chi connectivity index (χ3v) is 6.59. The van der Waals surface area contributed by atoms with Crippen molar-refractivity contribution in [1.82, 2.24) is 15.0 Å². The summed E-state index contributed by atoms with van der Waals surface area (Å²) in [6.45, 7) is 3.58. The highest BCUT2D eigenvalue weighted by Gasteiger charge is 2.12. The Labute approximate surface area is 171 Å². The van der Waals surface area contributed by atoms with Crippen molar-refractivity contribution in [1.29, 1.82) is 0 Å². The number of alkyl halides is 2. The number of unbranched alkanes of at least 4 members (excludes halogenated alkanes) is 1. The van der Waals surface area contributed by atoms with E-state index in [9.17, 15) is 8.78 Å². The number of aromatic nitrogens is 3. The number of hydrogen-bond acceptors (Lipinski definition) is 5. The van der Waals surface area contributed by atoms with Crippen LogP contribution in [0.5, 0.6) is 5.75 Å². The molecule has 0 radical (unpaired) electrons. The number of imidazole rings is 1. The van der Waals surface area contributed by atoms with E-state index in [4.69, 9.17) is 0 Å². The number of H-pyrrole nitrogens is 1. The molecule has 4 nitrogen and oxygen atoms in total. The van der Waals surface area contributed by atoms with Crippen LogP contribution in [0.15, 0.2) is 34.4 Å². The molecule has 0 atom stereocenters. The number of nitrogens with zero attached hydrogens (tertiary/aromatic N) is 2. The Morgan fingerprint density at radius 3 is 2.79 bits per heavy atom. The van der Waals surface area contributed by atoms with E-state index in [1.807, 2.05) is 18.0 Å². The Morgan fingerprint density at radius 2 is 2.04 bits per heavy atom. The fourth-order valence-corrected chi connectivity index (χ4v) is 4.95. The van der Waals surface area contributed by atoms with Gasteiger partial charge in [0.2, 0.25) is 0 Å². The van der Waals surface area contributed by atoms with E-state index in [1.165, 1.54) is 41.0 Å². The van der Waals surface area contributed by atoms with E-state index in [-0.39, 0.29) is 5.75 Å². The second kappa shape index (κ2) is 9.60. The number of pyridine rings is 1. The predicted molar refractivity (Wildman–Crippen MR) is 112 cm³/mol. The van der Waals surface area contributed by atoms with Gasteiger partial charge in [0.25, 0.3) is 0 Å². The van der Waals surface area contributed by atoms with Gasteiger partial charge in [0, 0.05) is 22.9 Å². The van der Waals surface area contributed by atoms with Gasteiger partial charge in [-0.1, -0.05) is 25.1 Å². The highest BCUT2D eigenvalue weighted by atomic mass is 32.2. The van der Waals surface area contributed by atoms with Crippen molar-refractivity contribution in [2.24, 2.45) is 0 Å². The maximum absolute atomic E-state index is 12.4. The number of rotatable bonds is 9. The normalized spacial score (nSPS) is 11.5. The van der Waals surface area contributed by atoms with Gasteiger partial charge in [-0.25, -0.2) is 4.98 Å². The maximum Gasteiger partial charge on any atom is 0.387 e. The Morgan fingerprint density at radius 1 is 1.21 bits per heavy atom. The molecule has 0 amide bonds. The van der Waals surface area contributed by atoms with Crippen LogP contribution in [-0.4, -0.2) is 27.3 Å². The standard InChI is InChI=1S/C20H23F2N3OS2/c1-4-5-8-27-18-12(2)10-23-17(13(18)3)11-28-20-24-15-7-6-14(26-19(21)22)9-16(15)25-20/h6-7,9-10,19H,4-5,8,11H2,1-3H3,(H,24,25). The molecule has 2 aromatic heterocycles. The minimum atomic E-state index is -2.84. The summed E-state index contributed by atoms with van der Waals surface area (Å²) in [7, 11) is 0. The number of halogens is 2. The minimum Gasteiger partial charge on any atom is -0.435 e. The third-order valence-electron chi connectivity index (χ3n) is 4.29. The van der Waals surface area contributed by atoms with Gasteiger partial charge in [-0.15, -0.1) is 11.8 Å². The van der Waals surface area contributed by atoms with E-state index >= 15 is 0 Å². The first-order chi connectivity index (χ1) is 13.5. The van der Waals surface area contributed by atoms with Crippen LogP contribution in [0.25, 0.3) is 11.0 Å². The molecule has 2 heterocycles. The topological polar surface area (TPSA) is 50.8 Å². The number of aryl methyl sites for hydroxylation is 1. The lowest BCUT2D eigenvalue weighted by molar-refractivity contribution is -0.0497. The van der Waals surface area contributed by atoms with Crippen LogP contribution in [0.2, 0.25) is 0 Å². The molecule has 150 valence electrons. The molecule has 0 aliphatic heterocycles. The molecule has 8 heteroatoms. The fourth-order valence-electron chi connectivity index (χ4n) is 2.79. The van der Waals surface area contributed by atoms with Crippen LogP contribution in [0, 0.1) is 13.8 Å². The molecule has 28 heavy (non-hydrogen) atoms. The first-order valence-electron chi connectivity index (χ1n) is 9.13. The number of ether oxygens (including phenoxy) is 1. The number of benzene rings is 1. The van der Waals surface area contributed by atoms with Gasteiger partial charge in [-0.3, -0.25) is 4.98 Å². The lowest BCUT2D eigenvalue weighted by Crippen LogP contribution is -2.01. The summed E-state index contributed by atoms with van der Waals surface area (Å²) >= 11 is 3.45. The van der Waals surface area contributed by atoms with Crippen molar-refractivity contribution in [3.8, 4) is 5.75 Å². The van der Waals surface area contributed by atoms with Crippen molar-refractivity contribution in [3.63, 3.8) is 0 Å². The molecule has 3 aromatic rings. The van der Waals surface area contributed by atoms with Crippen LogP contribution >= 0.6 is 23.5 Å². The zero-order valence-corrected chi connectivity index (χ0v) is 17.7. The number of hydrogen-bond donors (Lipinski definition) is 1. The maximum atomic E-state index is 12.4. The highest BCUT2D eigenvalue weighted by molar-refractivity contribution is 7.99. The molecule has 0 unspecified atom stereocenters. The van der Waals surface area contributed by atoms with E-state index in [1.54, 1.807) is 17.8 Å². The van der Waals surface area contributed by atoms with Gasteiger partial charge >= 0.3 is 6.61 Å². The first-order valence-corrected chi connectivity index (χ1v) is 11.1. The minimum absolute atomic E-state index is 0.118. The van der Waals surface area contributed by atoms with Gasteiger partial charge in [0.15, 0.2) is 5.16 Å². The molecule has 3 rings (SSSR count). The fraction of sp³-hybridized carbons (Fsp3) is 0.400. The smallest absolute Gasteiger partial charge is 0.387 e. The molecule has 1 aromatic carbocycles. The Bertz CT molecular complexity index is 947. The molecule has 0 saturated heterocycles. The van der Waals surface area contributed by atoms with Gasteiger partial charge < -0.3 is 9.72 Å². The van der Waals surface area contributed by atoms with Crippen LogP contribution in [0.3, 0.4) is 0 Å². The van der Waals surface area contributed by atoms with E-state index in [0.717, 1.165) is 16.6 Å². The average Bonchev–Trinajstić information content (AvgIpc) is 3.05. The molecule has 0 saturated carbocycles. The van der Waals surface area contributed by atoms with Crippen LogP contribution < -0.4 is 4.74 Å². The predicted octanol–water partition coefficient (Wildman–Crippen LogP) is 6.36. The van der Waals surface area contributed by atoms with Gasteiger partial charge in [0.1, 0.15) is 5.75 Å². The largest absolute Gasteiger partial charge is 0.435 e. The first kappa shape index (κ1) is 20.9. The lowest BCUT2D eigenvalue weighted by Gasteiger charge is -2.12.